The molecule has 0 radical (unpaired) electrons. The molecule has 0 aromatic carbocycles. The van der Waals surface area contributed by atoms with Gasteiger partial charge in [-0.05, 0) is 42.7 Å². The van der Waals surface area contributed by atoms with E-state index in [9.17, 15) is 9.59 Å². The molecule has 2 rings (SSSR count). The van der Waals surface area contributed by atoms with Crippen molar-refractivity contribution in [2.24, 2.45) is 0 Å². The second kappa shape index (κ2) is 5.12. The standard InChI is InChI=1S/C12H13ClN2O2S/c1-7(5-9-3-4-18-6-9)15-11(16)8(2)10(13)14-12(15)17/h3-4,6-7H,5H2,1-2H3,(H,14,17). The molecule has 2 aromatic rings. The van der Waals surface area contributed by atoms with E-state index in [1.165, 1.54) is 4.57 Å². The smallest absolute Gasteiger partial charge is 0.297 e. The number of nitrogens with zero attached hydrogens (tertiary/aromatic N) is 1. The maximum absolute atomic E-state index is 12.0. The number of aromatic nitrogens is 2. The van der Waals surface area contributed by atoms with E-state index in [0.29, 0.717) is 12.0 Å². The van der Waals surface area contributed by atoms with Gasteiger partial charge < -0.3 is 0 Å². The van der Waals surface area contributed by atoms with Crippen molar-refractivity contribution >= 4 is 22.9 Å². The highest BCUT2D eigenvalue weighted by atomic mass is 35.5. The minimum Gasteiger partial charge on any atom is -0.297 e. The Morgan fingerprint density at radius 3 is 2.83 bits per heavy atom. The van der Waals surface area contributed by atoms with Crippen LogP contribution in [-0.4, -0.2) is 9.55 Å². The van der Waals surface area contributed by atoms with Gasteiger partial charge in [0.05, 0.1) is 0 Å². The van der Waals surface area contributed by atoms with E-state index in [-0.39, 0.29) is 16.8 Å². The van der Waals surface area contributed by atoms with Crippen LogP contribution in [0.1, 0.15) is 24.1 Å². The van der Waals surface area contributed by atoms with Crippen LogP contribution in [0.15, 0.2) is 26.4 Å². The number of thiophene rings is 1. The van der Waals surface area contributed by atoms with Crippen molar-refractivity contribution in [3.8, 4) is 0 Å². The van der Waals surface area contributed by atoms with Gasteiger partial charge in [-0.25, -0.2) is 4.79 Å². The summed E-state index contributed by atoms with van der Waals surface area (Å²) in [5, 5.41) is 4.10. The zero-order valence-electron chi connectivity index (χ0n) is 10.1. The zero-order chi connectivity index (χ0) is 13.3. The Morgan fingerprint density at radius 2 is 2.22 bits per heavy atom. The highest BCUT2D eigenvalue weighted by molar-refractivity contribution is 7.07. The Balaban J connectivity index is 2.42. The Labute approximate surface area is 113 Å². The molecule has 0 bridgehead atoms. The molecule has 18 heavy (non-hydrogen) atoms. The molecule has 0 aliphatic rings. The van der Waals surface area contributed by atoms with Crippen molar-refractivity contribution in [1.82, 2.24) is 9.55 Å². The van der Waals surface area contributed by atoms with Crippen LogP contribution in [0.2, 0.25) is 5.15 Å². The number of halogens is 1. The third-order valence-electron chi connectivity index (χ3n) is 2.86. The molecule has 6 heteroatoms. The highest BCUT2D eigenvalue weighted by Gasteiger charge is 2.15. The van der Waals surface area contributed by atoms with Gasteiger partial charge in [-0.1, -0.05) is 11.6 Å². The molecule has 0 amide bonds. The quantitative estimate of drug-likeness (QED) is 0.880. The fourth-order valence-corrected chi connectivity index (χ4v) is 2.70. The van der Waals surface area contributed by atoms with Gasteiger partial charge in [0.1, 0.15) is 5.15 Å². The van der Waals surface area contributed by atoms with Crippen molar-refractivity contribution in [3.05, 3.63) is 53.9 Å². The summed E-state index contributed by atoms with van der Waals surface area (Å²) in [6.45, 7) is 3.45. The predicted molar refractivity (Wildman–Crippen MR) is 73.8 cm³/mol. The van der Waals surface area contributed by atoms with Gasteiger partial charge in [-0.15, -0.1) is 0 Å². The molecular formula is C12H13ClN2O2S. The summed E-state index contributed by atoms with van der Waals surface area (Å²) in [6, 6.07) is 1.79. The highest BCUT2D eigenvalue weighted by Crippen LogP contribution is 2.14. The summed E-state index contributed by atoms with van der Waals surface area (Å²) < 4.78 is 1.22. The lowest BCUT2D eigenvalue weighted by atomic mass is 10.1. The Kier molecular flexibility index (Phi) is 3.73. The van der Waals surface area contributed by atoms with E-state index in [1.54, 1.807) is 18.3 Å². The summed E-state index contributed by atoms with van der Waals surface area (Å²) >= 11 is 7.37. The molecule has 0 saturated heterocycles. The topological polar surface area (TPSA) is 54.9 Å². The molecule has 0 aliphatic carbocycles. The molecule has 1 atom stereocenters. The Morgan fingerprint density at radius 1 is 1.50 bits per heavy atom. The fraction of sp³-hybridized carbons (Fsp3) is 0.333. The first-order valence-electron chi connectivity index (χ1n) is 5.52. The minimum atomic E-state index is -0.460. The maximum atomic E-state index is 12.0. The molecule has 0 aliphatic heterocycles. The van der Waals surface area contributed by atoms with Crippen LogP contribution >= 0.6 is 22.9 Å². The largest absolute Gasteiger partial charge is 0.329 e. The second-order valence-corrected chi connectivity index (χ2v) is 5.39. The number of H-pyrrole nitrogens is 1. The first-order chi connectivity index (χ1) is 8.50. The van der Waals surface area contributed by atoms with Gasteiger partial charge in [0.2, 0.25) is 0 Å². The number of hydrogen-bond acceptors (Lipinski definition) is 3. The van der Waals surface area contributed by atoms with Gasteiger partial charge in [-0.3, -0.25) is 14.3 Å². The van der Waals surface area contributed by atoms with Crippen LogP contribution in [0.25, 0.3) is 0 Å². The lowest BCUT2D eigenvalue weighted by molar-refractivity contribution is 0.499. The molecule has 0 fully saturated rings. The first kappa shape index (κ1) is 13.1. The molecule has 96 valence electrons. The van der Waals surface area contributed by atoms with Gasteiger partial charge in [0, 0.05) is 11.6 Å². The zero-order valence-corrected chi connectivity index (χ0v) is 11.6. The fourth-order valence-electron chi connectivity index (χ4n) is 1.86. The number of aromatic amines is 1. The van der Waals surface area contributed by atoms with E-state index in [4.69, 9.17) is 11.6 Å². The monoisotopic (exact) mass is 284 g/mol. The van der Waals surface area contributed by atoms with Crippen molar-refractivity contribution in [2.75, 3.05) is 0 Å². The van der Waals surface area contributed by atoms with Crippen molar-refractivity contribution in [1.29, 1.82) is 0 Å². The third-order valence-corrected chi connectivity index (χ3v) is 3.97. The predicted octanol–water partition coefficient (Wildman–Crippen LogP) is 2.36. The van der Waals surface area contributed by atoms with E-state index < -0.39 is 5.69 Å². The van der Waals surface area contributed by atoms with Crippen LogP contribution < -0.4 is 11.2 Å². The molecule has 4 nitrogen and oxygen atoms in total. The average Bonchev–Trinajstić information content (AvgIpc) is 2.78. The lowest BCUT2D eigenvalue weighted by Crippen LogP contribution is -2.39. The molecular weight excluding hydrogens is 272 g/mol. The van der Waals surface area contributed by atoms with E-state index in [1.807, 2.05) is 23.8 Å². The Bertz CT molecular complexity index is 658. The molecule has 0 saturated carbocycles. The summed E-state index contributed by atoms with van der Waals surface area (Å²) in [7, 11) is 0. The lowest BCUT2D eigenvalue weighted by Gasteiger charge is -2.14. The molecule has 1 unspecified atom stereocenters. The number of nitrogens with one attached hydrogen (secondary N) is 1. The summed E-state index contributed by atoms with van der Waals surface area (Å²) in [4.78, 5) is 26.3. The van der Waals surface area contributed by atoms with Crippen LogP contribution in [0, 0.1) is 6.92 Å². The average molecular weight is 285 g/mol. The Hall–Kier alpha value is -1.33. The molecule has 2 heterocycles. The van der Waals surface area contributed by atoms with E-state index >= 15 is 0 Å². The summed E-state index contributed by atoms with van der Waals surface area (Å²) in [6.07, 6.45) is 0.646. The normalized spacial score (nSPS) is 12.6. The molecule has 2 aromatic heterocycles. The van der Waals surface area contributed by atoms with Crippen LogP contribution in [0.5, 0.6) is 0 Å². The number of hydrogen-bond donors (Lipinski definition) is 1. The molecule has 1 N–H and O–H groups in total. The van der Waals surface area contributed by atoms with Crippen LogP contribution in [0.4, 0.5) is 0 Å². The summed E-state index contributed by atoms with van der Waals surface area (Å²) in [5.74, 6) is 0. The SMILES string of the molecule is Cc1c(Cl)[nH]c(=O)n(C(C)Cc2ccsc2)c1=O. The minimum absolute atomic E-state index is 0.115. The van der Waals surface area contributed by atoms with Crippen LogP contribution in [-0.2, 0) is 6.42 Å². The van der Waals surface area contributed by atoms with Gasteiger partial charge in [0.25, 0.3) is 5.56 Å². The summed E-state index contributed by atoms with van der Waals surface area (Å²) in [5.41, 5.74) is 0.699. The van der Waals surface area contributed by atoms with Gasteiger partial charge in [-0.2, -0.15) is 11.3 Å². The van der Waals surface area contributed by atoms with Crippen molar-refractivity contribution in [3.63, 3.8) is 0 Å². The van der Waals surface area contributed by atoms with Gasteiger partial charge in [0.15, 0.2) is 0 Å². The van der Waals surface area contributed by atoms with Crippen molar-refractivity contribution in [2.45, 2.75) is 26.3 Å². The molecule has 0 spiro atoms. The van der Waals surface area contributed by atoms with Gasteiger partial charge >= 0.3 is 5.69 Å². The second-order valence-electron chi connectivity index (χ2n) is 4.23. The van der Waals surface area contributed by atoms with E-state index in [0.717, 1.165) is 5.56 Å². The number of rotatable bonds is 3. The first-order valence-corrected chi connectivity index (χ1v) is 6.84. The van der Waals surface area contributed by atoms with Crippen molar-refractivity contribution < 1.29 is 0 Å². The maximum Gasteiger partial charge on any atom is 0.329 e. The van der Waals surface area contributed by atoms with E-state index in [2.05, 4.69) is 4.98 Å². The van der Waals surface area contributed by atoms with Crippen LogP contribution in [0.3, 0.4) is 0 Å². The third kappa shape index (κ3) is 2.42.